The minimum Gasteiger partial charge on any atom is -0.491 e. The Hall–Kier alpha value is -3.77. The smallest absolute Gasteiger partial charge is 0.338 e. The van der Waals surface area contributed by atoms with Crippen molar-refractivity contribution in [3.63, 3.8) is 0 Å². The molecule has 0 amide bonds. The minimum absolute atomic E-state index is 0.113. The molecule has 0 bridgehead atoms. The van der Waals surface area contributed by atoms with Gasteiger partial charge in [0, 0.05) is 5.56 Å². The number of thiazole rings is 1. The first-order chi connectivity index (χ1) is 20.7. The zero-order valence-corrected chi connectivity index (χ0v) is 27.1. The number of carbonyl (C=O) groups is 1. The number of halogens is 2. The summed E-state index contributed by atoms with van der Waals surface area (Å²) in [4.78, 5) is 32.4. The van der Waals surface area contributed by atoms with Crippen LogP contribution in [0.2, 0.25) is 0 Å². The highest BCUT2D eigenvalue weighted by molar-refractivity contribution is 14.1. The molecular formula is C33H30FIN2O5S. The van der Waals surface area contributed by atoms with Crippen LogP contribution < -0.4 is 24.4 Å². The standard InChI is InChI=1S/C33H30FIN2O5S/c1-5-40-32(39)29-20(4)36-33-37(30(29)24-8-6-7-9-26(24)42-19(2)3)31(38)28(43-33)17-22-12-15-27(25(35)16-22)41-18-21-10-13-23(34)14-11-21/h6-17,19,30H,5,18H2,1-4H3/b28-17+/t30-/m0/s1. The fourth-order valence-electron chi connectivity index (χ4n) is 4.77. The van der Waals surface area contributed by atoms with Crippen LogP contribution in [0.25, 0.3) is 6.08 Å². The van der Waals surface area contributed by atoms with Crippen molar-refractivity contribution in [3.8, 4) is 11.5 Å². The normalized spacial score (nSPS) is 14.9. The maximum Gasteiger partial charge on any atom is 0.338 e. The van der Waals surface area contributed by atoms with Gasteiger partial charge in [-0.3, -0.25) is 9.36 Å². The van der Waals surface area contributed by atoms with Gasteiger partial charge >= 0.3 is 5.97 Å². The first-order valence-electron chi connectivity index (χ1n) is 13.8. The van der Waals surface area contributed by atoms with Crippen LogP contribution in [0, 0.1) is 9.39 Å². The van der Waals surface area contributed by atoms with Crippen molar-refractivity contribution in [1.29, 1.82) is 0 Å². The van der Waals surface area contributed by atoms with Gasteiger partial charge in [0.1, 0.15) is 30.0 Å². The van der Waals surface area contributed by atoms with Crippen LogP contribution in [-0.4, -0.2) is 23.2 Å². The van der Waals surface area contributed by atoms with Gasteiger partial charge in [0.2, 0.25) is 0 Å². The number of aromatic nitrogens is 1. The van der Waals surface area contributed by atoms with Crippen molar-refractivity contribution < 1.29 is 23.4 Å². The van der Waals surface area contributed by atoms with Crippen LogP contribution in [-0.2, 0) is 16.1 Å². The Morgan fingerprint density at radius 1 is 1.12 bits per heavy atom. The number of allylic oxidation sites excluding steroid dienone is 1. The van der Waals surface area contributed by atoms with Gasteiger partial charge in [-0.05, 0) is 97.8 Å². The highest BCUT2D eigenvalue weighted by Gasteiger charge is 2.35. The number of nitrogens with zero attached hydrogens (tertiary/aromatic N) is 2. The zero-order valence-electron chi connectivity index (χ0n) is 24.1. The summed E-state index contributed by atoms with van der Waals surface area (Å²) in [5, 5.41) is 0. The molecule has 0 N–H and O–H groups in total. The molecule has 3 aromatic carbocycles. The summed E-state index contributed by atoms with van der Waals surface area (Å²) in [6, 6.07) is 18.5. The summed E-state index contributed by atoms with van der Waals surface area (Å²) in [5.41, 5.74) is 2.87. The Bertz CT molecular complexity index is 1880. The molecule has 5 rings (SSSR count). The van der Waals surface area contributed by atoms with Crippen LogP contribution >= 0.6 is 33.9 Å². The monoisotopic (exact) mass is 712 g/mol. The molecule has 1 aliphatic heterocycles. The lowest BCUT2D eigenvalue weighted by atomic mass is 9.95. The summed E-state index contributed by atoms with van der Waals surface area (Å²) in [7, 11) is 0. The summed E-state index contributed by atoms with van der Waals surface area (Å²) in [6.45, 7) is 7.85. The molecule has 0 saturated carbocycles. The molecule has 43 heavy (non-hydrogen) atoms. The second-order valence-electron chi connectivity index (χ2n) is 10.1. The third kappa shape index (κ3) is 6.75. The van der Waals surface area contributed by atoms with Crippen molar-refractivity contribution in [2.45, 2.75) is 46.4 Å². The molecule has 0 spiro atoms. The highest BCUT2D eigenvalue weighted by atomic mass is 127. The molecule has 4 aromatic rings. The van der Waals surface area contributed by atoms with E-state index in [1.165, 1.54) is 23.5 Å². The Balaban J connectivity index is 1.55. The van der Waals surface area contributed by atoms with E-state index in [0.717, 1.165) is 14.7 Å². The Morgan fingerprint density at radius 3 is 2.56 bits per heavy atom. The summed E-state index contributed by atoms with van der Waals surface area (Å²) in [6.07, 6.45) is 1.70. The topological polar surface area (TPSA) is 79.1 Å². The zero-order chi connectivity index (χ0) is 30.7. The van der Waals surface area contributed by atoms with E-state index >= 15 is 0 Å². The quantitative estimate of drug-likeness (QED) is 0.160. The predicted molar refractivity (Wildman–Crippen MR) is 172 cm³/mol. The fraction of sp³-hybridized carbons (Fsp3) is 0.242. The van der Waals surface area contributed by atoms with Gasteiger partial charge < -0.3 is 14.2 Å². The minimum atomic E-state index is -0.769. The lowest BCUT2D eigenvalue weighted by Crippen LogP contribution is -2.40. The van der Waals surface area contributed by atoms with E-state index in [0.29, 0.717) is 44.3 Å². The Labute approximate surface area is 266 Å². The number of ether oxygens (including phenoxy) is 3. The first kappa shape index (κ1) is 30.7. The van der Waals surface area contributed by atoms with E-state index in [1.54, 1.807) is 30.5 Å². The Morgan fingerprint density at radius 2 is 1.86 bits per heavy atom. The number of carbonyl (C=O) groups excluding carboxylic acids is 1. The molecule has 0 fully saturated rings. The number of rotatable bonds is 9. The second-order valence-corrected chi connectivity index (χ2v) is 12.3. The maximum atomic E-state index is 14.0. The summed E-state index contributed by atoms with van der Waals surface area (Å²) in [5.74, 6) is 0.451. The summed E-state index contributed by atoms with van der Waals surface area (Å²) < 4.78 is 33.6. The van der Waals surface area contributed by atoms with Gasteiger partial charge in [-0.2, -0.15) is 0 Å². The highest BCUT2D eigenvalue weighted by Crippen LogP contribution is 2.36. The Kier molecular flexibility index (Phi) is 9.46. The third-order valence-electron chi connectivity index (χ3n) is 6.65. The van der Waals surface area contributed by atoms with E-state index in [2.05, 4.69) is 27.6 Å². The molecule has 1 aromatic heterocycles. The largest absolute Gasteiger partial charge is 0.491 e. The predicted octanol–water partition coefficient (Wildman–Crippen LogP) is 5.91. The van der Waals surface area contributed by atoms with Gasteiger partial charge in [-0.15, -0.1) is 0 Å². The van der Waals surface area contributed by atoms with Gasteiger partial charge in [0.15, 0.2) is 4.80 Å². The lowest BCUT2D eigenvalue weighted by molar-refractivity contribution is -0.139. The molecule has 1 atom stereocenters. The molecule has 0 aliphatic carbocycles. The SMILES string of the molecule is CCOC(=O)C1=C(C)N=c2s/c(=C/c3ccc(OCc4ccc(F)cc4)c(I)c3)c(=O)n2[C@H]1c1ccccc1OC(C)C. The number of fused-ring (bicyclic) bond motifs is 1. The van der Waals surface area contributed by atoms with Crippen molar-refractivity contribution in [1.82, 2.24) is 4.57 Å². The molecule has 0 unspecified atom stereocenters. The number of hydrogen-bond donors (Lipinski definition) is 0. The molecule has 10 heteroatoms. The maximum absolute atomic E-state index is 14.0. The van der Waals surface area contributed by atoms with E-state index in [-0.39, 0.29) is 24.1 Å². The van der Waals surface area contributed by atoms with Gasteiger partial charge in [-0.25, -0.2) is 14.2 Å². The van der Waals surface area contributed by atoms with E-state index in [9.17, 15) is 14.0 Å². The van der Waals surface area contributed by atoms with Crippen molar-refractivity contribution >= 4 is 46.0 Å². The molecule has 0 saturated heterocycles. The lowest BCUT2D eigenvalue weighted by Gasteiger charge is -2.26. The molecule has 2 heterocycles. The summed E-state index contributed by atoms with van der Waals surface area (Å²) >= 11 is 3.45. The first-order valence-corrected chi connectivity index (χ1v) is 15.7. The molecule has 222 valence electrons. The van der Waals surface area contributed by atoms with Gasteiger partial charge in [0.05, 0.1) is 32.1 Å². The van der Waals surface area contributed by atoms with Crippen LogP contribution in [0.4, 0.5) is 4.39 Å². The average molecular weight is 713 g/mol. The number of para-hydroxylation sites is 1. The van der Waals surface area contributed by atoms with Gasteiger partial charge in [0.25, 0.3) is 5.56 Å². The fourth-order valence-corrected chi connectivity index (χ4v) is 6.51. The van der Waals surface area contributed by atoms with Crippen molar-refractivity contribution in [2.24, 2.45) is 4.99 Å². The van der Waals surface area contributed by atoms with E-state index < -0.39 is 12.0 Å². The van der Waals surface area contributed by atoms with E-state index in [4.69, 9.17) is 14.2 Å². The van der Waals surface area contributed by atoms with Crippen molar-refractivity contribution in [2.75, 3.05) is 6.61 Å². The van der Waals surface area contributed by atoms with E-state index in [1.807, 2.05) is 62.4 Å². The molecule has 7 nitrogen and oxygen atoms in total. The second kappa shape index (κ2) is 13.3. The number of esters is 1. The third-order valence-corrected chi connectivity index (χ3v) is 8.48. The van der Waals surface area contributed by atoms with Crippen LogP contribution in [0.15, 0.2) is 87.8 Å². The molecular weight excluding hydrogens is 682 g/mol. The number of hydrogen-bond acceptors (Lipinski definition) is 7. The van der Waals surface area contributed by atoms with Crippen LogP contribution in [0.3, 0.4) is 0 Å². The molecule has 0 radical (unpaired) electrons. The molecule has 1 aliphatic rings. The van der Waals surface area contributed by atoms with Crippen molar-refractivity contribution in [3.05, 3.63) is 124 Å². The van der Waals surface area contributed by atoms with Crippen LogP contribution in [0.1, 0.15) is 50.4 Å². The number of benzene rings is 3. The van der Waals surface area contributed by atoms with Crippen LogP contribution in [0.5, 0.6) is 11.5 Å². The van der Waals surface area contributed by atoms with Gasteiger partial charge in [-0.1, -0.05) is 47.7 Å². The average Bonchev–Trinajstić information content (AvgIpc) is 3.26.